The van der Waals surface area contributed by atoms with Crippen LogP contribution in [0.1, 0.15) is 5.56 Å². The number of thiophene rings is 1. The van der Waals surface area contributed by atoms with E-state index in [1.165, 1.54) is 80.6 Å². The third kappa shape index (κ3) is 4.52. The number of hydrogen-bond donors (Lipinski definition) is 0. The smallest absolute Gasteiger partial charge is 0.0991 e. The Labute approximate surface area is 309 Å². The summed E-state index contributed by atoms with van der Waals surface area (Å²) < 4.78 is 7.45. The minimum Gasteiger partial charge on any atom is -0.309 e. The van der Waals surface area contributed by atoms with E-state index in [0.717, 1.165) is 16.8 Å². The Morgan fingerprint density at radius 1 is 0.396 bits per heavy atom. The zero-order valence-electron chi connectivity index (χ0n) is 28.5. The van der Waals surface area contributed by atoms with Crippen LogP contribution < -0.4 is 0 Å². The molecule has 8 aromatic carbocycles. The maximum Gasteiger partial charge on any atom is 0.0991 e. The molecule has 53 heavy (non-hydrogen) atoms. The molecule has 0 fully saturated rings. The van der Waals surface area contributed by atoms with Gasteiger partial charge in [-0.1, -0.05) is 103 Å². The SMILES string of the molecule is N#Cc1ccc(-c2cccc(-n3c4ccccc4c4cc(-c5ccc6c(c5)c5ccccc5n6-c5cccc6c5sc5ccccc56)ccc43)c2)cc1. The standard InChI is InChI=1S/C49H29N3S/c50-30-31-19-21-32(22-20-31)33-9-7-10-36(27-33)51-43-15-4-1-11-37(43)41-28-34(23-25-45(41)51)35-24-26-46-42(29-35)38-12-2-5-16-44(38)52(46)47-17-8-14-40-39-13-3-6-18-48(39)53-49(40)47/h1-29H. The molecule has 0 spiro atoms. The highest BCUT2D eigenvalue weighted by molar-refractivity contribution is 7.26. The largest absolute Gasteiger partial charge is 0.309 e. The number of benzene rings is 8. The number of para-hydroxylation sites is 2. The fourth-order valence-electron chi connectivity index (χ4n) is 8.31. The van der Waals surface area contributed by atoms with Crippen molar-refractivity contribution in [1.29, 1.82) is 5.26 Å². The van der Waals surface area contributed by atoms with Crippen LogP contribution in [0.15, 0.2) is 176 Å². The molecule has 0 aliphatic rings. The molecule has 3 aromatic heterocycles. The van der Waals surface area contributed by atoms with E-state index in [-0.39, 0.29) is 0 Å². The van der Waals surface area contributed by atoms with Gasteiger partial charge in [-0.3, -0.25) is 0 Å². The number of fused-ring (bicyclic) bond motifs is 9. The van der Waals surface area contributed by atoms with Crippen LogP contribution >= 0.6 is 11.3 Å². The lowest BCUT2D eigenvalue weighted by atomic mass is 10.0. The summed E-state index contributed by atoms with van der Waals surface area (Å²) in [5.74, 6) is 0. The summed E-state index contributed by atoms with van der Waals surface area (Å²) in [6.07, 6.45) is 0. The Kier molecular flexibility index (Phi) is 6.48. The van der Waals surface area contributed by atoms with Crippen molar-refractivity contribution in [3.05, 3.63) is 181 Å². The van der Waals surface area contributed by atoms with Crippen molar-refractivity contribution in [2.75, 3.05) is 0 Å². The summed E-state index contributed by atoms with van der Waals surface area (Å²) in [6, 6.07) is 65.5. The van der Waals surface area contributed by atoms with Gasteiger partial charge in [0.05, 0.1) is 44.1 Å². The molecule has 4 heteroatoms. The van der Waals surface area contributed by atoms with E-state index in [4.69, 9.17) is 0 Å². The molecule has 11 rings (SSSR count). The predicted octanol–water partition coefficient (Wildman–Crippen LogP) is 13.5. The van der Waals surface area contributed by atoms with Gasteiger partial charge < -0.3 is 9.13 Å². The van der Waals surface area contributed by atoms with Gasteiger partial charge in [0.15, 0.2) is 0 Å². The van der Waals surface area contributed by atoms with E-state index in [1.54, 1.807) is 0 Å². The zero-order chi connectivity index (χ0) is 35.0. The molecule has 0 saturated carbocycles. The van der Waals surface area contributed by atoms with Crippen LogP contribution in [0.25, 0.3) is 97.4 Å². The van der Waals surface area contributed by atoms with Gasteiger partial charge in [-0.05, 0) is 95.1 Å². The van der Waals surface area contributed by atoms with E-state index in [1.807, 2.05) is 35.6 Å². The van der Waals surface area contributed by atoms with Crippen molar-refractivity contribution in [2.24, 2.45) is 0 Å². The molecule has 0 aliphatic heterocycles. The molecule has 0 atom stereocenters. The molecule has 246 valence electrons. The summed E-state index contributed by atoms with van der Waals surface area (Å²) in [4.78, 5) is 0. The molecule has 0 bridgehead atoms. The Morgan fingerprint density at radius 3 is 1.66 bits per heavy atom. The second kappa shape index (κ2) is 11.5. The molecule has 11 aromatic rings. The molecule has 0 saturated heterocycles. The van der Waals surface area contributed by atoms with Gasteiger partial charge >= 0.3 is 0 Å². The summed E-state index contributed by atoms with van der Waals surface area (Å²) in [6.45, 7) is 0. The number of rotatable bonds is 4. The van der Waals surface area contributed by atoms with Crippen LogP contribution in [-0.2, 0) is 0 Å². The number of nitriles is 1. The molecule has 3 heterocycles. The highest BCUT2D eigenvalue weighted by atomic mass is 32.1. The van der Waals surface area contributed by atoms with Gasteiger partial charge in [0, 0.05) is 42.7 Å². The Bertz CT molecular complexity index is 3300. The first-order valence-corrected chi connectivity index (χ1v) is 18.6. The van der Waals surface area contributed by atoms with E-state index < -0.39 is 0 Å². The topological polar surface area (TPSA) is 33.6 Å². The molecule has 0 radical (unpaired) electrons. The highest BCUT2D eigenvalue weighted by Gasteiger charge is 2.18. The lowest BCUT2D eigenvalue weighted by Gasteiger charge is -2.11. The first-order valence-electron chi connectivity index (χ1n) is 17.8. The van der Waals surface area contributed by atoms with E-state index in [9.17, 15) is 5.26 Å². The van der Waals surface area contributed by atoms with Gasteiger partial charge in [0.1, 0.15) is 0 Å². The van der Waals surface area contributed by atoms with Crippen molar-refractivity contribution < 1.29 is 0 Å². The normalized spacial score (nSPS) is 11.8. The summed E-state index contributed by atoms with van der Waals surface area (Å²) in [7, 11) is 0. The predicted molar refractivity (Wildman–Crippen MR) is 224 cm³/mol. The lowest BCUT2D eigenvalue weighted by Crippen LogP contribution is -1.94. The summed E-state index contributed by atoms with van der Waals surface area (Å²) in [5.41, 5.74) is 12.3. The van der Waals surface area contributed by atoms with Crippen LogP contribution in [0.3, 0.4) is 0 Å². The van der Waals surface area contributed by atoms with Crippen LogP contribution in [0, 0.1) is 11.3 Å². The number of nitrogens with zero attached hydrogens (tertiary/aromatic N) is 3. The summed E-state index contributed by atoms with van der Waals surface area (Å²) in [5, 5.41) is 16.9. The molecule has 0 N–H and O–H groups in total. The van der Waals surface area contributed by atoms with Gasteiger partial charge in [-0.25, -0.2) is 0 Å². The van der Waals surface area contributed by atoms with Crippen LogP contribution in [0.2, 0.25) is 0 Å². The molecular formula is C49H29N3S. The van der Waals surface area contributed by atoms with Crippen molar-refractivity contribution in [3.63, 3.8) is 0 Å². The fourth-order valence-corrected chi connectivity index (χ4v) is 9.52. The van der Waals surface area contributed by atoms with Gasteiger partial charge in [0.25, 0.3) is 0 Å². The average Bonchev–Trinajstić information content (AvgIpc) is 3.88. The Hall–Kier alpha value is -6.93. The van der Waals surface area contributed by atoms with Crippen molar-refractivity contribution in [1.82, 2.24) is 9.13 Å². The Morgan fingerprint density at radius 2 is 0.943 bits per heavy atom. The first-order chi connectivity index (χ1) is 26.2. The second-order valence-electron chi connectivity index (χ2n) is 13.7. The fraction of sp³-hybridized carbons (Fsp3) is 0. The quantitative estimate of drug-likeness (QED) is 0.181. The van der Waals surface area contributed by atoms with Crippen molar-refractivity contribution >= 4 is 75.1 Å². The van der Waals surface area contributed by atoms with E-state index in [0.29, 0.717) is 5.56 Å². The van der Waals surface area contributed by atoms with Gasteiger partial charge in [-0.15, -0.1) is 11.3 Å². The number of aromatic nitrogens is 2. The maximum atomic E-state index is 9.29. The molecule has 3 nitrogen and oxygen atoms in total. The minimum atomic E-state index is 0.665. The van der Waals surface area contributed by atoms with Crippen LogP contribution in [-0.4, -0.2) is 9.13 Å². The average molecular weight is 692 g/mol. The van der Waals surface area contributed by atoms with Crippen LogP contribution in [0.4, 0.5) is 0 Å². The molecule has 0 amide bonds. The van der Waals surface area contributed by atoms with Crippen LogP contribution in [0.5, 0.6) is 0 Å². The number of hydrogen-bond acceptors (Lipinski definition) is 2. The maximum absolute atomic E-state index is 9.29. The zero-order valence-corrected chi connectivity index (χ0v) is 29.3. The molecular weight excluding hydrogens is 663 g/mol. The monoisotopic (exact) mass is 691 g/mol. The van der Waals surface area contributed by atoms with E-state index >= 15 is 0 Å². The minimum absolute atomic E-state index is 0.665. The van der Waals surface area contributed by atoms with Gasteiger partial charge in [0.2, 0.25) is 0 Å². The lowest BCUT2D eigenvalue weighted by molar-refractivity contribution is 1.18. The molecule has 0 aliphatic carbocycles. The highest BCUT2D eigenvalue weighted by Crippen LogP contribution is 2.42. The van der Waals surface area contributed by atoms with Crippen molar-refractivity contribution in [2.45, 2.75) is 0 Å². The first kappa shape index (κ1) is 29.8. The Balaban J connectivity index is 1.07. The molecule has 0 unspecified atom stereocenters. The van der Waals surface area contributed by atoms with E-state index in [2.05, 4.69) is 167 Å². The van der Waals surface area contributed by atoms with Gasteiger partial charge in [-0.2, -0.15) is 5.26 Å². The third-order valence-electron chi connectivity index (χ3n) is 10.8. The third-order valence-corrected chi connectivity index (χ3v) is 12.0. The second-order valence-corrected chi connectivity index (χ2v) is 14.7. The summed E-state index contributed by atoms with van der Waals surface area (Å²) >= 11 is 1.87. The van der Waals surface area contributed by atoms with Crippen molar-refractivity contribution in [3.8, 4) is 39.7 Å².